The van der Waals surface area contributed by atoms with Crippen LogP contribution in [0, 0.1) is 0 Å². The Hall–Kier alpha value is -2.60. The van der Waals surface area contributed by atoms with Gasteiger partial charge in [0.1, 0.15) is 5.75 Å². The maximum Gasteiger partial charge on any atom is 0.209 e. The first-order chi connectivity index (χ1) is 13.1. The molecule has 27 heavy (non-hydrogen) atoms. The molecule has 0 fully saturated rings. The SMILES string of the molecule is COc1ccc(-c2nc(S[C@@H](C)C(=O)c3ccc4c(c3)CCC4)n[nH]2)cc1. The third kappa shape index (κ3) is 3.76. The number of rotatable bonds is 6. The highest BCUT2D eigenvalue weighted by molar-refractivity contribution is 8.00. The van der Waals surface area contributed by atoms with E-state index in [9.17, 15) is 4.79 Å². The number of ketones is 1. The van der Waals surface area contributed by atoms with Crippen molar-refractivity contribution in [3.8, 4) is 17.1 Å². The largest absolute Gasteiger partial charge is 0.497 e. The molecule has 1 aliphatic carbocycles. The summed E-state index contributed by atoms with van der Waals surface area (Å²) in [6.07, 6.45) is 3.38. The van der Waals surface area contributed by atoms with Crippen molar-refractivity contribution < 1.29 is 9.53 Å². The number of thioether (sulfide) groups is 1. The number of nitrogens with zero attached hydrogens (tertiary/aromatic N) is 2. The maximum absolute atomic E-state index is 12.8. The molecule has 2 aromatic carbocycles. The summed E-state index contributed by atoms with van der Waals surface area (Å²) in [6.45, 7) is 1.91. The number of ether oxygens (including phenoxy) is 1. The Morgan fingerprint density at radius 3 is 2.70 bits per heavy atom. The third-order valence-electron chi connectivity index (χ3n) is 4.86. The van der Waals surface area contributed by atoms with Crippen LogP contribution in [0.2, 0.25) is 0 Å². The number of Topliss-reactive ketones (excluding diaryl/α,β-unsaturated/α-hetero) is 1. The van der Waals surface area contributed by atoms with Crippen molar-refractivity contribution >= 4 is 17.5 Å². The van der Waals surface area contributed by atoms with Crippen molar-refractivity contribution in [2.45, 2.75) is 36.6 Å². The van der Waals surface area contributed by atoms with Crippen LogP contribution >= 0.6 is 11.8 Å². The lowest BCUT2D eigenvalue weighted by Crippen LogP contribution is -2.14. The number of H-pyrrole nitrogens is 1. The molecule has 0 amide bonds. The van der Waals surface area contributed by atoms with Gasteiger partial charge in [0, 0.05) is 11.1 Å². The number of carbonyl (C=O) groups is 1. The van der Waals surface area contributed by atoms with Gasteiger partial charge in [-0.1, -0.05) is 23.9 Å². The first-order valence-corrected chi connectivity index (χ1v) is 9.91. The van der Waals surface area contributed by atoms with Crippen molar-refractivity contribution in [1.29, 1.82) is 0 Å². The average Bonchev–Trinajstić information content (AvgIpc) is 3.36. The fourth-order valence-corrected chi connectivity index (χ4v) is 4.15. The van der Waals surface area contributed by atoms with Crippen LogP contribution in [-0.2, 0) is 12.8 Å². The quantitative estimate of drug-likeness (QED) is 0.510. The molecule has 0 radical (unpaired) electrons. The number of aromatic nitrogens is 3. The Kier molecular flexibility index (Phi) is 4.99. The second-order valence-corrected chi connectivity index (χ2v) is 7.96. The van der Waals surface area contributed by atoms with E-state index in [1.54, 1.807) is 7.11 Å². The Labute approximate surface area is 162 Å². The zero-order valence-electron chi connectivity index (χ0n) is 15.4. The molecule has 0 spiro atoms. The number of carbonyl (C=O) groups excluding carboxylic acids is 1. The van der Waals surface area contributed by atoms with Crippen LogP contribution in [0.4, 0.5) is 0 Å². The summed E-state index contributed by atoms with van der Waals surface area (Å²) >= 11 is 1.38. The summed E-state index contributed by atoms with van der Waals surface area (Å²) < 4.78 is 5.17. The minimum Gasteiger partial charge on any atom is -0.497 e. The molecule has 0 bridgehead atoms. The number of nitrogens with one attached hydrogen (secondary N) is 1. The average molecular weight is 379 g/mol. The van der Waals surface area contributed by atoms with E-state index in [-0.39, 0.29) is 11.0 Å². The van der Waals surface area contributed by atoms with Gasteiger partial charge in [-0.05, 0) is 67.6 Å². The highest BCUT2D eigenvalue weighted by Gasteiger charge is 2.21. The first-order valence-electron chi connectivity index (χ1n) is 9.03. The molecule has 138 valence electrons. The summed E-state index contributed by atoms with van der Waals surface area (Å²) in [4.78, 5) is 17.3. The molecule has 4 rings (SSSR count). The van der Waals surface area contributed by atoms with E-state index in [0.29, 0.717) is 11.0 Å². The Balaban J connectivity index is 1.45. The molecule has 1 aliphatic rings. The van der Waals surface area contributed by atoms with Crippen molar-refractivity contribution in [2.75, 3.05) is 7.11 Å². The zero-order valence-corrected chi connectivity index (χ0v) is 16.2. The van der Waals surface area contributed by atoms with Gasteiger partial charge < -0.3 is 4.74 Å². The van der Waals surface area contributed by atoms with E-state index in [0.717, 1.165) is 29.7 Å². The van der Waals surface area contributed by atoms with Gasteiger partial charge in [-0.25, -0.2) is 4.98 Å². The molecule has 1 atom stereocenters. The van der Waals surface area contributed by atoms with Gasteiger partial charge in [0.15, 0.2) is 11.6 Å². The first kappa shape index (κ1) is 17.8. The van der Waals surface area contributed by atoms with Crippen LogP contribution in [0.3, 0.4) is 0 Å². The van der Waals surface area contributed by atoms with Crippen molar-refractivity contribution in [3.05, 3.63) is 59.2 Å². The van der Waals surface area contributed by atoms with Gasteiger partial charge in [-0.15, -0.1) is 5.10 Å². The molecule has 0 unspecified atom stereocenters. The number of aryl methyl sites for hydroxylation is 2. The fraction of sp³-hybridized carbons (Fsp3) is 0.286. The van der Waals surface area contributed by atoms with Gasteiger partial charge >= 0.3 is 0 Å². The molecule has 0 aliphatic heterocycles. The summed E-state index contributed by atoms with van der Waals surface area (Å²) in [5, 5.41) is 7.52. The van der Waals surface area contributed by atoms with Gasteiger partial charge in [0.05, 0.1) is 12.4 Å². The number of hydrogen-bond donors (Lipinski definition) is 1. The Bertz CT molecular complexity index is 966. The van der Waals surface area contributed by atoms with Crippen LogP contribution < -0.4 is 4.74 Å². The van der Waals surface area contributed by atoms with Crippen LogP contribution in [0.5, 0.6) is 5.75 Å². The van der Waals surface area contributed by atoms with E-state index < -0.39 is 0 Å². The predicted octanol–water partition coefficient (Wildman–Crippen LogP) is 4.33. The molecule has 3 aromatic rings. The monoisotopic (exact) mass is 379 g/mol. The lowest BCUT2D eigenvalue weighted by Gasteiger charge is -2.09. The van der Waals surface area contributed by atoms with E-state index in [1.807, 2.05) is 37.3 Å². The van der Waals surface area contributed by atoms with E-state index in [1.165, 1.54) is 29.3 Å². The normalized spacial score (nSPS) is 14.0. The van der Waals surface area contributed by atoms with Crippen molar-refractivity contribution in [3.63, 3.8) is 0 Å². The smallest absolute Gasteiger partial charge is 0.209 e. The van der Waals surface area contributed by atoms with Crippen LogP contribution in [0.25, 0.3) is 11.4 Å². The molecule has 5 nitrogen and oxygen atoms in total. The second kappa shape index (κ2) is 7.56. The number of aromatic amines is 1. The van der Waals surface area contributed by atoms with Crippen LogP contribution in [-0.4, -0.2) is 33.3 Å². The van der Waals surface area contributed by atoms with E-state index in [2.05, 4.69) is 27.3 Å². The predicted molar refractivity (Wildman–Crippen MR) is 106 cm³/mol. The Morgan fingerprint density at radius 1 is 1.15 bits per heavy atom. The topological polar surface area (TPSA) is 67.9 Å². The highest BCUT2D eigenvalue weighted by Crippen LogP contribution is 2.28. The molecule has 0 saturated heterocycles. The molecule has 1 aromatic heterocycles. The van der Waals surface area contributed by atoms with Crippen molar-refractivity contribution in [2.24, 2.45) is 0 Å². The Morgan fingerprint density at radius 2 is 1.93 bits per heavy atom. The molecule has 1 N–H and O–H groups in total. The molecule has 0 saturated carbocycles. The minimum absolute atomic E-state index is 0.116. The van der Waals surface area contributed by atoms with Crippen LogP contribution in [0.15, 0.2) is 47.6 Å². The lowest BCUT2D eigenvalue weighted by molar-refractivity contribution is 0.0994. The summed E-state index contributed by atoms with van der Waals surface area (Å²) in [6, 6.07) is 13.7. The third-order valence-corrected chi connectivity index (χ3v) is 5.82. The maximum atomic E-state index is 12.8. The summed E-state index contributed by atoms with van der Waals surface area (Å²) in [7, 11) is 1.64. The van der Waals surface area contributed by atoms with Gasteiger partial charge in [-0.2, -0.15) is 0 Å². The lowest BCUT2D eigenvalue weighted by atomic mass is 10.0. The van der Waals surface area contributed by atoms with Crippen molar-refractivity contribution in [1.82, 2.24) is 15.2 Å². The van der Waals surface area contributed by atoms with Gasteiger partial charge in [-0.3, -0.25) is 9.89 Å². The van der Waals surface area contributed by atoms with E-state index in [4.69, 9.17) is 4.74 Å². The zero-order chi connectivity index (χ0) is 18.8. The highest BCUT2D eigenvalue weighted by atomic mass is 32.2. The van der Waals surface area contributed by atoms with Gasteiger partial charge in [0.25, 0.3) is 0 Å². The van der Waals surface area contributed by atoms with Gasteiger partial charge in [0.2, 0.25) is 5.16 Å². The van der Waals surface area contributed by atoms with Crippen LogP contribution in [0.1, 0.15) is 34.8 Å². The summed E-state index contributed by atoms with van der Waals surface area (Å²) in [5.74, 6) is 1.59. The number of benzene rings is 2. The summed E-state index contributed by atoms with van der Waals surface area (Å²) in [5.41, 5.74) is 4.40. The standard InChI is InChI=1S/C21H21N3O2S/c1-13(19(25)17-7-6-14-4-3-5-16(14)12-17)27-21-22-20(23-24-21)15-8-10-18(26-2)11-9-15/h6-13H,3-5H2,1-2H3,(H,22,23,24)/t13-/m0/s1. The van der Waals surface area contributed by atoms with E-state index >= 15 is 0 Å². The number of hydrogen-bond acceptors (Lipinski definition) is 5. The number of methoxy groups -OCH3 is 1. The number of fused-ring (bicyclic) bond motifs is 1. The second-order valence-electron chi connectivity index (χ2n) is 6.66. The molecular weight excluding hydrogens is 358 g/mol. The molecule has 6 heteroatoms. The fourth-order valence-electron chi connectivity index (χ4n) is 3.35. The minimum atomic E-state index is -0.246. The molecule has 1 heterocycles. The molecular formula is C21H21N3O2S.